The molecule has 5 rings (SSSR count). The summed E-state index contributed by atoms with van der Waals surface area (Å²) in [5.41, 5.74) is 1.02. The summed E-state index contributed by atoms with van der Waals surface area (Å²) in [6, 6.07) is 22.3. The molecule has 2 aliphatic rings. The summed E-state index contributed by atoms with van der Waals surface area (Å²) in [7, 11) is 0. The van der Waals surface area contributed by atoms with Gasteiger partial charge in [0.2, 0.25) is 11.8 Å². The molecule has 1 N–H and O–H groups in total. The van der Waals surface area contributed by atoms with Crippen LogP contribution >= 0.6 is 0 Å². The van der Waals surface area contributed by atoms with Crippen molar-refractivity contribution < 1.29 is 28.7 Å². The van der Waals surface area contributed by atoms with Gasteiger partial charge in [0.1, 0.15) is 11.5 Å². The summed E-state index contributed by atoms with van der Waals surface area (Å²) < 4.78 is 10.9. The van der Waals surface area contributed by atoms with Gasteiger partial charge in [0.05, 0.1) is 23.1 Å². The quantitative estimate of drug-likeness (QED) is 0.345. The molecular formula is C30H28N2O6. The van der Waals surface area contributed by atoms with Crippen molar-refractivity contribution in [3.63, 3.8) is 0 Å². The Morgan fingerprint density at radius 2 is 1.58 bits per heavy atom. The molecule has 0 bridgehead atoms. The molecule has 1 saturated heterocycles. The Morgan fingerprint density at radius 3 is 2.34 bits per heavy atom. The molecular weight excluding hydrogens is 484 g/mol. The van der Waals surface area contributed by atoms with Crippen LogP contribution in [0.5, 0.6) is 11.5 Å². The SMILES string of the molecule is C[C@@H]1CC[C@H]2C(=O)N(c3cccc(C(=O)OCC(=O)Nc4ccc(Oc5ccccc5)cc4)c3)C(=O)[C@@H]2C1. The Labute approximate surface area is 220 Å². The van der Waals surface area contributed by atoms with Crippen molar-refractivity contribution in [1.29, 1.82) is 0 Å². The summed E-state index contributed by atoms with van der Waals surface area (Å²) in [5, 5.41) is 2.67. The standard InChI is InChI=1S/C30H28N2O6/c1-19-10-15-25-26(16-19)29(35)32(28(25)34)22-7-5-6-20(17-22)30(36)37-18-27(33)31-21-11-13-24(14-12-21)38-23-8-3-2-4-9-23/h2-9,11-14,17,19,25-26H,10,15-16,18H2,1H3,(H,31,33)/t19-,25-,26-/m1/s1. The van der Waals surface area contributed by atoms with Gasteiger partial charge < -0.3 is 14.8 Å². The molecule has 8 heteroatoms. The molecule has 38 heavy (non-hydrogen) atoms. The second-order valence-corrected chi connectivity index (χ2v) is 9.76. The van der Waals surface area contributed by atoms with Crippen molar-refractivity contribution in [2.75, 3.05) is 16.8 Å². The van der Waals surface area contributed by atoms with Gasteiger partial charge in [-0.05, 0) is 79.8 Å². The van der Waals surface area contributed by atoms with Gasteiger partial charge in [0.15, 0.2) is 6.61 Å². The zero-order valence-corrected chi connectivity index (χ0v) is 21.0. The fraction of sp³-hybridized carbons (Fsp3) is 0.267. The number of fused-ring (bicyclic) bond motifs is 1. The largest absolute Gasteiger partial charge is 0.457 e. The predicted molar refractivity (Wildman–Crippen MR) is 141 cm³/mol. The van der Waals surface area contributed by atoms with E-state index in [9.17, 15) is 19.2 Å². The maximum Gasteiger partial charge on any atom is 0.338 e. The van der Waals surface area contributed by atoms with Crippen LogP contribution in [0, 0.1) is 17.8 Å². The fourth-order valence-electron chi connectivity index (χ4n) is 5.06. The maximum atomic E-state index is 13.0. The predicted octanol–water partition coefficient (Wildman–Crippen LogP) is 5.20. The van der Waals surface area contributed by atoms with Crippen LogP contribution in [-0.4, -0.2) is 30.3 Å². The van der Waals surface area contributed by atoms with E-state index < -0.39 is 18.5 Å². The first kappa shape index (κ1) is 25.2. The van der Waals surface area contributed by atoms with Crippen LogP contribution in [0.2, 0.25) is 0 Å². The summed E-state index contributed by atoms with van der Waals surface area (Å²) >= 11 is 0. The van der Waals surface area contributed by atoms with Crippen LogP contribution in [0.4, 0.5) is 11.4 Å². The first-order valence-corrected chi connectivity index (χ1v) is 12.7. The Bertz CT molecular complexity index is 1350. The highest BCUT2D eigenvalue weighted by atomic mass is 16.5. The molecule has 3 aromatic carbocycles. The minimum atomic E-state index is -0.723. The van der Waals surface area contributed by atoms with E-state index in [0.717, 1.165) is 6.42 Å². The highest BCUT2D eigenvalue weighted by Crippen LogP contribution is 2.42. The van der Waals surface area contributed by atoms with Crippen molar-refractivity contribution >= 4 is 35.1 Å². The number of hydrogen-bond donors (Lipinski definition) is 1. The number of hydrogen-bond acceptors (Lipinski definition) is 6. The molecule has 3 amide bonds. The van der Waals surface area contributed by atoms with E-state index in [1.54, 1.807) is 36.4 Å². The number of nitrogens with one attached hydrogen (secondary N) is 1. The molecule has 8 nitrogen and oxygen atoms in total. The average Bonchev–Trinajstić information content (AvgIpc) is 3.17. The molecule has 0 radical (unpaired) electrons. The second-order valence-electron chi connectivity index (χ2n) is 9.76. The van der Waals surface area contributed by atoms with Crippen LogP contribution in [-0.2, 0) is 19.1 Å². The molecule has 1 aliphatic carbocycles. The van der Waals surface area contributed by atoms with Crippen molar-refractivity contribution in [1.82, 2.24) is 0 Å². The molecule has 1 heterocycles. The number of anilines is 2. The Hall–Kier alpha value is -4.46. The van der Waals surface area contributed by atoms with Crippen LogP contribution in [0.15, 0.2) is 78.9 Å². The number of rotatable bonds is 7. The first-order valence-electron chi connectivity index (χ1n) is 12.7. The number of carbonyl (C=O) groups is 4. The fourth-order valence-corrected chi connectivity index (χ4v) is 5.06. The van der Waals surface area contributed by atoms with Crippen molar-refractivity contribution in [3.8, 4) is 11.5 Å². The van der Waals surface area contributed by atoms with Crippen LogP contribution in [0.1, 0.15) is 36.5 Å². The van der Waals surface area contributed by atoms with Crippen molar-refractivity contribution in [2.24, 2.45) is 17.8 Å². The number of nitrogens with zero attached hydrogens (tertiary/aromatic N) is 1. The Morgan fingerprint density at radius 1 is 0.868 bits per heavy atom. The summed E-state index contributed by atoms with van der Waals surface area (Å²) in [6.07, 6.45) is 2.33. The average molecular weight is 513 g/mol. The lowest BCUT2D eigenvalue weighted by atomic mass is 9.76. The van der Waals surface area contributed by atoms with E-state index in [1.165, 1.54) is 17.0 Å². The number of benzene rings is 3. The van der Waals surface area contributed by atoms with Crippen LogP contribution in [0.3, 0.4) is 0 Å². The van der Waals surface area contributed by atoms with E-state index in [1.807, 2.05) is 30.3 Å². The molecule has 1 aliphatic heterocycles. The van der Waals surface area contributed by atoms with Gasteiger partial charge in [-0.15, -0.1) is 0 Å². The van der Waals surface area contributed by atoms with Crippen LogP contribution < -0.4 is 15.0 Å². The zero-order valence-electron chi connectivity index (χ0n) is 21.0. The van der Waals surface area contributed by atoms with Gasteiger partial charge in [-0.3, -0.25) is 19.3 Å². The third kappa shape index (κ3) is 5.44. The maximum absolute atomic E-state index is 13.0. The highest BCUT2D eigenvalue weighted by Gasteiger charge is 2.50. The number of carbonyl (C=O) groups excluding carboxylic acids is 4. The van der Waals surface area contributed by atoms with E-state index >= 15 is 0 Å². The minimum Gasteiger partial charge on any atom is -0.457 e. The molecule has 3 aromatic rings. The van der Waals surface area contributed by atoms with Gasteiger partial charge in [-0.2, -0.15) is 0 Å². The highest BCUT2D eigenvalue weighted by molar-refractivity contribution is 6.22. The third-order valence-electron chi connectivity index (χ3n) is 6.98. The van der Waals surface area contributed by atoms with Crippen molar-refractivity contribution in [2.45, 2.75) is 26.2 Å². The number of para-hydroxylation sites is 1. The molecule has 0 aromatic heterocycles. The second kappa shape index (κ2) is 10.9. The zero-order chi connectivity index (χ0) is 26.6. The van der Waals surface area contributed by atoms with Crippen LogP contribution in [0.25, 0.3) is 0 Å². The van der Waals surface area contributed by atoms with Gasteiger partial charge in [0, 0.05) is 5.69 Å². The molecule has 0 unspecified atom stereocenters. The normalized spacial score (nSPS) is 20.6. The first-order chi connectivity index (χ1) is 18.4. The Kier molecular flexibility index (Phi) is 7.22. The molecule has 3 atom stereocenters. The minimum absolute atomic E-state index is 0.154. The van der Waals surface area contributed by atoms with E-state index in [0.29, 0.717) is 41.6 Å². The summed E-state index contributed by atoms with van der Waals surface area (Å²) in [5.74, 6) is -0.528. The molecule has 0 spiro atoms. The van der Waals surface area contributed by atoms with Gasteiger partial charge >= 0.3 is 5.97 Å². The summed E-state index contributed by atoms with van der Waals surface area (Å²) in [6.45, 7) is 1.60. The van der Waals surface area contributed by atoms with Gasteiger partial charge in [0.25, 0.3) is 5.91 Å². The molecule has 194 valence electrons. The number of imide groups is 1. The van der Waals surface area contributed by atoms with E-state index in [2.05, 4.69) is 12.2 Å². The Balaban J connectivity index is 1.16. The third-order valence-corrected chi connectivity index (χ3v) is 6.98. The van der Waals surface area contributed by atoms with E-state index in [4.69, 9.17) is 9.47 Å². The van der Waals surface area contributed by atoms with Gasteiger partial charge in [-0.1, -0.05) is 31.2 Å². The number of esters is 1. The monoisotopic (exact) mass is 512 g/mol. The van der Waals surface area contributed by atoms with Gasteiger partial charge in [-0.25, -0.2) is 4.79 Å². The van der Waals surface area contributed by atoms with Crippen molar-refractivity contribution in [3.05, 3.63) is 84.4 Å². The smallest absolute Gasteiger partial charge is 0.338 e. The molecule has 1 saturated carbocycles. The summed E-state index contributed by atoms with van der Waals surface area (Å²) in [4.78, 5) is 52.1. The number of amides is 3. The lowest BCUT2D eigenvalue weighted by molar-refractivity contribution is -0.122. The molecule has 2 fully saturated rings. The lowest BCUT2D eigenvalue weighted by Crippen LogP contribution is -2.31. The van der Waals surface area contributed by atoms with E-state index in [-0.39, 0.29) is 29.2 Å². The lowest BCUT2D eigenvalue weighted by Gasteiger charge is -2.25. The topological polar surface area (TPSA) is 102 Å². The number of ether oxygens (including phenoxy) is 2.